The second-order valence-corrected chi connectivity index (χ2v) is 5.83. The van der Waals surface area contributed by atoms with E-state index < -0.39 is 0 Å². The largest absolute Gasteiger partial charge is 0.353 e. The lowest BCUT2D eigenvalue weighted by Gasteiger charge is -2.34. The van der Waals surface area contributed by atoms with E-state index in [1.165, 1.54) is 0 Å². The van der Waals surface area contributed by atoms with E-state index in [1.54, 1.807) is 17.8 Å². The normalized spacial score (nSPS) is 16.2. The maximum absolute atomic E-state index is 6.29. The Kier molecular flexibility index (Phi) is 5.51. The molecule has 0 unspecified atom stereocenters. The molecule has 1 N–H and O–H groups in total. The maximum Gasteiger partial charge on any atom is 0.226 e. The molecule has 0 radical (unpaired) electrons. The fourth-order valence-electron chi connectivity index (χ4n) is 2.06. The molecule has 7 heteroatoms. The van der Waals surface area contributed by atoms with Crippen LogP contribution in [0.1, 0.15) is 0 Å². The van der Waals surface area contributed by atoms with Crippen LogP contribution in [-0.4, -0.2) is 60.9 Å². The fourth-order valence-corrected chi connectivity index (χ4v) is 3.03. The molecular weight excluding hydrogens is 294 g/mol. The first-order valence-electron chi connectivity index (χ1n) is 6.55. The first kappa shape index (κ1) is 15.4. The SMILES string of the molecule is C=CCNc1nc(Cl)c(SC)c(N2CCN(C)CC2)n1. The Labute approximate surface area is 129 Å². The van der Waals surface area contributed by atoms with Crippen molar-refractivity contribution in [3.8, 4) is 0 Å². The average molecular weight is 314 g/mol. The second-order valence-electron chi connectivity index (χ2n) is 4.65. The summed E-state index contributed by atoms with van der Waals surface area (Å²) in [5, 5.41) is 3.61. The van der Waals surface area contributed by atoms with Crippen LogP contribution in [-0.2, 0) is 0 Å². The van der Waals surface area contributed by atoms with Crippen LogP contribution in [0, 0.1) is 0 Å². The molecule has 5 nitrogen and oxygen atoms in total. The molecule has 1 aliphatic rings. The Bertz CT molecular complexity index is 474. The zero-order chi connectivity index (χ0) is 14.5. The predicted molar refractivity (Wildman–Crippen MR) is 87.2 cm³/mol. The lowest BCUT2D eigenvalue weighted by Crippen LogP contribution is -2.45. The third-order valence-corrected chi connectivity index (χ3v) is 4.39. The third kappa shape index (κ3) is 3.56. The van der Waals surface area contributed by atoms with Crippen molar-refractivity contribution in [1.82, 2.24) is 14.9 Å². The summed E-state index contributed by atoms with van der Waals surface area (Å²) in [5.41, 5.74) is 0. The van der Waals surface area contributed by atoms with E-state index in [2.05, 4.69) is 38.7 Å². The van der Waals surface area contributed by atoms with Crippen LogP contribution in [0.5, 0.6) is 0 Å². The van der Waals surface area contributed by atoms with Gasteiger partial charge in [0.15, 0.2) is 0 Å². The van der Waals surface area contributed by atoms with Gasteiger partial charge < -0.3 is 15.1 Å². The molecular formula is C13H20ClN5S. The molecule has 0 aromatic carbocycles. The van der Waals surface area contributed by atoms with Crippen molar-refractivity contribution in [3.63, 3.8) is 0 Å². The molecule has 1 aromatic rings. The number of nitrogens with one attached hydrogen (secondary N) is 1. The molecule has 1 fully saturated rings. The minimum absolute atomic E-state index is 0.507. The molecule has 0 aliphatic carbocycles. The molecule has 2 heterocycles. The van der Waals surface area contributed by atoms with Gasteiger partial charge in [-0.25, -0.2) is 0 Å². The Balaban J connectivity index is 2.28. The monoisotopic (exact) mass is 313 g/mol. The lowest BCUT2D eigenvalue weighted by atomic mass is 10.3. The Morgan fingerprint density at radius 3 is 2.65 bits per heavy atom. The van der Waals surface area contributed by atoms with Gasteiger partial charge in [0.1, 0.15) is 11.0 Å². The summed E-state index contributed by atoms with van der Waals surface area (Å²) in [7, 11) is 2.14. The van der Waals surface area contributed by atoms with E-state index in [0.717, 1.165) is 36.9 Å². The number of anilines is 2. The van der Waals surface area contributed by atoms with Gasteiger partial charge in [0.25, 0.3) is 0 Å². The molecule has 2 rings (SSSR count). The number of rotatable bonds is 5. The highest BCUT2D eigenvalue weighted by Gasteiger charge is 2.21. The van der Waals surface area contributed by atoms with Gasteiger partial charge in [-0.05, 0) is 13.3 Å². The molecule has 1 aliphatic heterocycles. The van der Waals surface area contributed by atoms with Crippen molar-refractivity contribution < 1.29 is 0 Å². The van der Waals surface area contributed by atoms with Crippen LogP contribution in [0.15, 0.2) is 17.6 Å². The van der Waals surface area contributed by atoms with Gasteiger partial charge in [0.2, 0.25) is 5.95 Å². The third-order valence-electron chi connectivity index (χ3n) is 3.22. The van der Waals surface area contributed by atoms with Crippen LogP contribution < -0.4 is 10.2 Å². The van der Waals surface area contributed by atoms with E-state index in [9.17, 15) is 0 Å². The smallest absolute Gasteiger partial charge is 0.226 e. The maximum atomic E-state index is 6.29. The van der Waals surface area contributed by atoms with Gasteiger partial charge in [0.05, 0.1) is 4.90 Å². The van der Waals surface area contributed by atoms with Gasteiger partial charge >= 0.3 is 0 Å². The van der Waals surface area contributed by atoms with E-state index in [0.29, 0.717) is 17.6 Å². The number of piperazine rings is 1. The van der Waals surface area contributed by atoms with Crippen molar-refractivity contribution in [3.05, 3.63) is 17.8 Å². The minimum Gasteiger partial charge on any atom is -0.353 e. The number of thioether (sulfide) groups is 1. The predicted octanol–water partition coefficient (Wildman–Crippen LogP) is 2.20. The van der Waals surface area contributed by atoms with Crippen LogP contribution in [0.2, 0.25) is 5.15 Å². The Hall–Kier alpha value is -0.980. The highest BCUT2D eigenvalue weighted by Crippen LogP contribution is 2.34. The van der Waals surface area contributed by atoms with Gasteiger partial charge in [-0.15, -0.1) is 18.3 Å². The first-order chi connectivity index (χ1) is 9.65. The summed E-state index contributed by atoms with van der Waals surface area (Å²) in [4.78, 5) is 14.4. The van der Waals surface area contributed by atoms with Gasteiger partial charge in [-0.3, -0.25) is 0 Å². The molecule has 0 saturated carbocycles. The van der Waals surface area contributed by atoms with Crippen molar-refractivity contribution in [2.75, 3.05) is 56.2 Å². The summed E-state index contributed by atoms with van der Waals surface area (Å²) < 4.78 is 0. The lowest BCUT2D eigenvalue weighted by molar-refractivity contribution is 0.311. The van der Waals surface area contributed by atoms with E-state index in [4.69, 9.17) is 11.6 Å². The average Bonchev–Trinajstić information content (AvgIpc) is 2.45. The standard InChI is InChI=1S/C13H20ClN5S/c1-4-5-15-13-16-11(14)10(20-3)12(17-13)19-8-6-18(2)7-9-19/h4H,1,5-9H2,2-3H3,(H,15,16,17). The number of halogens is 1. The zero-order valence-corrected chi connectivity index (χ0v) is 13.5. The van der Waals surface area contributed by atoms with E-state index in [1.807, 2.05) is 6.26 Å². The molecule has 0 spiro atoms. The number of hydrogen-bond donors (Lipinski definition) is 1. The summed E-state index contributed by atoms with van der Waals surface area (Å²) in [6.07, 6.45) is 3.77. The summed E-state index contributed by atoms with van der Waals surface area (Å²) >= 11 is 7.88. The topological polar surface area (TPSA) is 44.3 Å². The second kappa shape index (κ2) is 7.15. The molecule has 1 saturated heterocycles. The number of likely N-dealkylation sites (N-methyl/N-ethyl adjacent to an activating group) is 1. The van der Waals surface area contributed by atoms with Crippen molar-refractivity contribution in [1.29, 1.82) is 0 Å². The van der Waals surface area contributed by atoms with Crippen LogP contribution in [0.4, 0.5) is 11.8 Å². The molecule has 110 valence electrons. The van der Waals surface area contributed by atoms with Crippen LogP contribution in [0.3, 0.4) is 0 Å². The quantitative estimate of drug-likeness (QED) is 0.511. The highest BCUT2D eigenvalue weighted by atomic mass is 35.5. The van der Waals surface area contributed by atoms with Crippen LogP contribution >= 0.6 is 23.4 Å². The Morgan fingerprint density at radius 2 is 2.05 bits per heavy atom. The highest BCUT2D eigenvalue weighted by molar-refractivity contribution is 7.98. The number of aromatic nitrogens is 2. The summed E-state index contributed by atoms with van der Waals surface area (Å²) in [6, 6.07) is 0. The van der Waals surface area contributed by atoms with Crippen molar-refractivity contribution in [2.45, 2.75) is 4.90 Å². The Morgan fingerprint density at radius 1 is 1.35 bits per heavy atom. The molecule has 0 amide bonds. The summed E-state index contributed by atoms with van der Waals surface area (Å²) in [6.45, 7) is 8.28. The van der Waals surface area contributed by atoms with Gasteiger partial charge in [-0.2, -0.15) is 9.97 Å². The van der Waals surface area contributed by atoms with Gasteiger partial charge in [-0.1, -0.05) is 17.7 Å². The fraction of sp³-hybridized carbons (Fsp3) is 0.538. The van der Waals surface area contributed by atoms with Crippen LogP contribution in [0.25, 0.3) is 0 Å². The van der Waals surface area contributed by atoms with Gasteiger partial charge in [0, 0.05) is 32.7 Å². The molecule has 1 aromatic heterocycles. The van der Waals surface area contributed by atoms with Crippen molar-refractivity contribution in [2.24, 2.45) is 0 Å². The number of hydrogen-bond acceptors (Lipinski definition) is 6. The van der Waals surface area contributed by atoms with Crippen molar-refractivity contribution >= 4 is 35.1 Å². The number of nitrogens with zero attached hydrogens (tertiary/aromatic N) is 4. The summed E-state index contributed by atoms with van der Waals surface area (Å²) in [5.74, 6) is 1.48. The van der Waals surface area contributed by atoms with E-state index in [-0.39, 0.29) is 0 Å². The molecule has 0 atom stereocenters. The first-order valence-corrected chi connectivity index (χ1v) is 8.15. The minimum atomic E-state index is 0.507. The zero-order valence-electron chi connectivity index (χ0n) is 11.9. The van der Waals surface area contributed by atoms with E-state index >= 15 is 0 Å². The molecule has 20 heavy (non-hydrogen) atoms. The molecule has 0 bridgehead atoms.